The van der Waals surface area contributed by atoms with Gasteiger partial charge in [0.05, 0.1) is 0 Å². The van der Waals surface area contributed by atoms with E-state index in [0.717, 1.165) is 0 Å². The Kier molecular flexibility index (Phi) is 11.9. The molecule has 0 aromatic rings. The van der Waals surface area contributed by atoms with Gasteiger partial charge in [-0.3, -0.25) is 14.8 Å². The number of amides is 2. The Morgan fingerprint density at radius 2 is 1.38 bits per heavy atom. The molecule has 0 aromatic carbocycles. The van der Waals surface area contributed by atoms with E-state index >= 15 is 0 Å². The zero-order valence-electron chi connectivity index (χ0n) is 9.10. The van der Waals surface area contributed by atoms with Crippen molar-refractivity contribution in [3.05, 3.63) is 0 Å². The molecular weight excluding hydrogens is 333 g/mol. The Morgan fingerprint density at radius 1 is 1.06 bits per heavy atom. The Morgan fingerprint density at radius 3 is 1.44 bits per heavy atom. The molecule has 1 radical (unpaired) electrons. The fourth-order valence-corrected chi connectivity index (χ4v) is 1.24. The summed E-state index contributed by atoms with van der Waals surface area (Å²) in [6.07, 6.45) is 0.296. The summed E-state index contributed by atoms with van der Waals surface area (Å²) in [6.45, 7) is 0. The predicted molar refractivity (Wildman–Crippen MR) is 50.8 cm³/mol. The summed E-state index contributed by atoms with van der Waals surface area (Å²) in [4.78, 5) is 20.5. The monoisotopic (exact) mass is 346 g/mol. The first-order valence-corrected chi connectivity index (χ1v) is 5.13. The molecular formula is C7H14AgNO6P. The van der Waals surface area contributed by atoms with Gasteiger partial charge in [0.1, 0.15) is 0 Å². The first-order valence-electron chi connectivity index (χ1n) is 4.04. The number of nitrogens with zero attached hydrogens (tertiary/aromatic N) is 1. The molecule has 99 valence electrons. The van der Waals surface area contributed by atoms with Crippen LogP contribution < -0.4 is 0 Å². The van der Waals surface area contributed by atoms with Gasteiger partial charge in [-0.25, -0.2) is 0 Å². The van der Waals surface area contributed by atoms with Gasteiger partial charge in [-0.1, -0.05) is 0 Å². The van der Waals surface area contributed by atoms with E-state index < -0.39 is 20.4 Å². The van der Waals surface area contributed by atoms with Crippen molar-refractivity contribution in [2.75, 3.05) is 21.3 Å². The minimum Gasteiger partial charge on any atom is -0.316 e. The molecule has 0 bridgehead atoms. The number of hydrogen-bond acceptors (Lipinski definition) is 6. The van der Waals surface area contributed by atoms with Crippen molar-refractivity contribution in [1.82, 2.24) is 5.06 Å². The molecule has 0 aliphatic carbocycles. The van der Waals surface area contributed by atoms with Crippen LogP contribution in [0.25, 0.3) is 0 Å². The van der Waals surface area contributed by atoms with Crippen molar-refractivity contribution in [1.29, 1.82) is 0 Å². The first-order chi connectivity index (χ1) is 7.06. The van der Waals surface area contributed by atoms with E-state index in [1.54, 1.807) is 21.3 Å². The van der Waals surface area contributed by atoms with Crippen LogP contribution in [0.1, 0.15) is 12.8 Å². The zero-order chi connectivity index (χ0) is 11.8. The fourth-order valence-electron chi connectivity index (χ4n) is 0.788. The molecule has 1 aliphatic rings. The normalized spacial score (nSPS) is 14.7. The van der Waals surface area contributed by atoms with Crippen LogP contribution in [0, 0.1) is 0 Å². The predicted octanol–water partition coefficient (Wildman–Crippen LogP) is 0.675. The zero-order valence-corrected chi connectivity index (χ0v) is 11.5. The molecule has 0 spiro atoms. The van der Waals surface area contributed by atoms with Gasteiger partial charge in [0.15, 0.2) is 0 Å². The molecule has 1 rings (SSSR count). The van der Waals surface area contributed by atoms with Crippen molar-refractivity contribution in [3.8, 4) is 0 Å². The maximum absolute atomic E-state index is 10.2. The van der Waals surface area contributed by atoms with Gasteiger partial charge in [-0.05, 0) is 0 Å². The average Bonchev–Trinajstić information content (AvgIpc) is 2.53. The van der Waals surface area contributed by atoms with E-state index in [-0.39, 0.29) is 40.3 Å². The number of carbonyl (C=O) groups excluding carboxylic acids is 2. The molecule has 0 atom stereocenters. The molecule has 0 saturated carbocycles. The summed E-state index contributed by atoms with van der Waals surface area (Å²) in [5, 5.41) is 8.57. The van der Waals surface area contributed by atoms with Crippen molar-refractivity contribution in [2.45, 2.75) is 12.8 Å². The minimum atomic E-state index is -1.05. The van der Waals surface area contributed by atoms with Gasteiger partial charge < -0.3 is 13.6 Å². The van der Waals surface area contributed by atoms with Crippen LogP contribution in [0.2, 0.25) is 0 Å². The number of rotatable bonds is 3. The second-order valence-corrected chi connectivity index (χ2v) is 3.91. The third-order valence-corrected chi connectivity index (χ3v) is 2.37. The number of hydroxylamine groups is 2. The summed E-state index contributed by atoms with van der Waals surface area (Å²) in [5.74, 6) is -1.01. The van der Waals surface area contributed by atoms with Crippen molar-refractivity contribution in [3.63, 3.8) is 0 Å². The van der Waals surface area contributed by atoms with Crippen LogP contribution >= 0.6 is 8.60 Å². The van der Waals surface area contributed by atoms with Crippen molar-refractivity contribution in [2.24, 2.45) is 0 Å². The van der Waals surface area contributed by atoms with E-state index in [1.807, 2.05) is 0 Å². The van der Waals surface area contributed by atoms with E-state index in [0.29, 0.717) is 0 Å². The summed E-state index contributed by atoms with van der Waals surface area (Å²) in [6, 6.07) is 0. The summed E-state index contributed by atoms with van der Waals surface area (Å²) in [7, 11) is 3.57. The van der Waals surface area contributed by atoms with Crippen LogP contribution in [0.4, 0.5) is 0 Å². The second-order valence-electron chi connectivity index (χ2n) is 2.37. The molecule has 9 heteroatoms. The second kappa shape index (κ2) is 10.3. The van der Waals surface area contributed by atoms with Crippen LogP contribution in [0.3, 0.4) is 0 Å². The largest absolute Gasteiger partial charge is 0.331 e. The van der Waals surface area contributed by atoms with Crippen molar-refractivity contribution < 1.29 is 50.7 Å². The summed E-state index contributed by atoms with van der Waals surface area (Å²) < 4.78 is 14.0. The minimum absolute atomic E-state index is 0. The quantitative estimate of drug-likeness (QED) is 0.350. The maximum Gasteiger partial charge on any atom is 0.331 e. The van der Waals surface area contributed by atoms with E-state index in [9.17, 15) is 9.59 Å². The van der Waals surface area contributed by atoms with Gasteiger partial charge in [0.2, 0.25) is 0 Å². The Labute approximate surface area is 110 Å². The topological polar surface area (TPSA) is 85.3 Å². The SMILES string of the molecule is COP(OC)OC.O=C1CCC(=O)N1O.[Ag]. The van der Waals surface area contributed by atoms with Gasteiger partial charge in [0, 0.05) is 56.6 Å². The molecule has 16 heavy (non-hydrogen) atoms. The third-order valence-electron chi connectivity index (χ3n) is 1.47. The molecule has 2 amide bonds. The molecule has 7 nitrogen and oxygen atoms in total. The van der Waals surface area contributed by atoms with Gasteiger partial charge >= 0.3 is 8.60 Å². The van der Waals surface area contributed by atoms with Crippen LogP contribution in [0.15, 0.2) is 0 Å². The number of hydrogen-bond donors (Lipinski definition) is 1. The standard InChI is InChI=1S/C4H5NO3.C3H9O3P.Ag/c6-3-1-2-4(7)5(3)8;1-4-7(5-2)6-3;/h8H,1-2H2;1-3H3;. The molecule has 1 aliphatic heterocycles. The van der Waals surface area contributed by atoms with Crippen LogP contribution in [-0.4, -0.2) is 43.4 Å². The van der Waals surface area contributed by atoms with Gasteiger partial charge in [-0.2, -0.15) is 5.06 Å². The van der Waals surface area contributed by atoms with Crippen molar-refractivity contribution >= 4 is 20.4 Å². The fraction of sp³-hybridized carbons (Fsp3) is 0.714. The van der Waals surface area contributed by atoms with E-state index in [1.165, 1.54) is 0 Å². The van der Waals surface area contributed by atoms with E-state index in [2.05, 4.69) is 13.6 Å². The molecule has 1 heterocycles. The Balaban J connectivity index is 0. The van der Waals surface area contributed by atoms with E-state index in [4.69, 9.17) is 5.21 Å². The third kappa shape index (κ3) is 6.67. The maximum atomic E-state index is 10.2. The Bertz CT molecular complexity index is 203. The smallest absolute Gasteiger partial charge is 0.316 e. The summed E-state index contributed by atoms with van der Waals surface area (Å²) in [5.41, 5.74) is 0. The molecule has 0 aromatic heterocycles. The first kappa shape index (κ1) is 18.5. The molecule has 1 saturated heterocycles. The molecule has 0 unspecified atom stereocenters. The summed E-state index contributed by atoms with van der Waals surface area (Å²) >= 11 is 0. The van der Waals surface area contributed by atoms with Crippen LogP contribution in [0.5, 0.6) is 0 Å². The Hall–Kier alpha value is 0.150. The average molecular weight is 347 g/mol. The van der Waals surface area contributed by atoms with Crippen LogP contribution in [-0.2, 0) is 45.5 Å². The number of imide groups is 1. The molecule has 1 N–H and O–H groups in total. The van der Waals surface area contributed by atoms with Gasteiger partial charge in [0.25, 0.3) is 11.8 Å². The van der Waals surface area contributed by atoms with Gasteiger partial charge in [-0.15, -0.1) is 0 Å². The molecule has 1 fully saturated rings. The number of carbonyl (C=O) groups is 2.